The normalized spacial score (nSPS) is 14.4. The maximum absolute atomic E-state index is 12.9. The van der Waals surface area contributed by atoms with Crippen LogP contribution >= 0.6 is 0 Å². The van der Waals surface area contributed by atoms with E-state index in [1.165, 1.54) is 0 Å². The topological polar surface area (TPSA) is 65.1 Å². The first-order valence-electron chi connectivity index (χ1n) is 9.72. The molecule has 0 unspecified atom stereocenters. The smallest absolute Gasteiger partial charge is 0.314 e. The van der Waals surface area contributed by atoms with Gasteiger partial charge in [-0.15, -0.1) is 0 Å². The van der Waals surface area contributed by atoms with Crippen molar-refractivity contribution in [1.29, 1.82) is 0 Å². The van der Waals surface area contributed by atoms with Crippen LogP contribution < -0.4 is 14.2 Å². The average molecular weight is 397 g/mol. The summed E-state index contributed by atoms with van der Waals surface area (Å²) in [5.74, 6) is 1.21. The van der Waals surface area contributed by atoms with Crippen LogP contribution in [0.2, 0.25) is 0 Å². The molecular formula is C23H27NO5. The first-order valence-corrected chi connectivity index (χ1v) is 9.72. The van der Waals surface area contributed by atoms with Crippen LogP contribution in [0.5, 0.6) is 17.2 Å². The Morgan fingerprint density at radius 1 is 0.931 bits per heavy atom. The number of carbonyl (C=O) groups excluding carboxylic acids is 2. The van der Waals surface area contributed by atoms with Crippen LogP contribution in [0.1, 0.15) is 34.3 Å². The molecule has 0 N–H and O–H groups in total. The predicted molar refractivity (Wildman–Crippen MR) is 110 cm³/mol. The second-order valence-electron chi connectivity index (χ2n) is 7.36. The van der Waals surface area contributed by atoms with Gasteiger partial charge < -0.3 is 19.1 Å². The summed E-state index contributed by atoms with van der Waals surface area (Å²) in [4.78, 5) is 27.2. The van der Waals surface area contributed by atoms with Gasteiger partial charge in [-0.3, -0.25) is 9.59 Å². The van der Waals surface area contributed by atoms with Crippen LogP contribution in [0.25, 0.3) is 0 Å². The van der Waals surface area contributed by atoms with E-state index in [0.717, 1.165) is 11.1 Å². The molecule has 0 radical (unpaired) electrons. The van der Waals surface area contributed by atoms with Crippen LogP contribution in [-0.4, -0.2) is 44.1 Å². The highest BCUT2D eigenvalue weighted by Gasteiger charge is 2.29. The molecule has 0 aromatic heterocycles. The molecule has 1 saturated heterocycles. The summed E-state index contributed by atoms with van der Waals surface area (Å²) in [5, 5.41) is 0. The maximum Gasteiger partial charge on any atom is 0.314 e. The third-order valence-corrected chi connectivity index (χ3v) is 5.25. The quantitative estimate of drug-likeness (QED) is 0.568. The van der Waals surface area contributed by atoms with Gasteiger partial charge in [-0.25, -0.2) is 0 Å². The minimum atomic E-state index is -0.230. The molecule has 1 fully saturated rings. The molecule has 0 atom stereocenters. The lowest BCUT2D eigenvalue weighted by molar-refractivity contribution is -0.140. The van der Waals surface area contributed by atoms with E-state index in [1.807, 2.05) is 32.0 Å². The Bertz CT molecular complexity index is 878. The average Bonchev–Trinajstić information content (AvgIpc) is 2.74. The van der Waals surface area contributed by atoms with Gasteiger partial charge in [-0.05, 0) is 50.5 Å². The summed E-state index contributed by atoms with van der Waals surface area (Å²) < 4.78 is 16.1. The third-order valence-electron chi connectivity index (χ3n) is 5.25. The number of methoxy groups -OCH3 is 2. The lowest BCUT2D eigenvalue weighted by Gasteiger charge is -2.31. The first-order chi connectivity index (χ1) is 13.9. The van der Waals surface area contributed by atoms with Gasteiger partial charge in [-0.1, -0.05) is 17.7 Å². The lowest BCUT2D eigenvalue weighted by atomic mass is 9.96. The Hall–Kier alpha value is -3.02. The van der Waals surface area contributed by atoms with Gasteiger partial charge >= 0.3 is 5.97 Å². The molecule has 6 nitrogen and oxygen atoms in total. The zero-order chi connectivity index (χ0) is 21.0. The van der Waals surface area contributed by atoms with Crippen LogP contribution in [0.4, 0.5) is 0 Å². The molecule has 154 valence electrons. The van der Waals surface area contributed by atoms with Crippen molar-refractivity contribution < 1.29 is 23.8 Å². The molecule has 3 rings (SSSR count). The molecule has 0 saturated carbocycles. The Morgan fingerprint density at radius 2 is 1.55 bits per heavy atom. The number of hydrogen-bond acceptors (Lipinski definition) is 5. The van der Waals surface area contributed by atoms with E-state index >= 15 is 0 Å². The van der Waals surface area contributed by atoms with Gasteiger partial charge in [0.1, 0.15) is 17.2 Å². The fraction of sp³-hybridized carbons (Fsp3) is 0.391. The van der Waals surface area contributed by atoms with Crippen molar-refractivity contribution in [3.05, 3.63) is 53.1 Å². The van der Waals surface area contributed by atoms with Crippen molar-refractivity contribution in [1.82, 2.24) is 4.90 Å². The molecular weight excluding hydrogens is 370 g/mol. The van der Waals surface area contributed by atoms with Crippen molar-refractivity contribution in [2.45, 2.75) is 26.7 Å². The first kappa shape index (κ1) is 20.7. The number of nitrogens with zero attached hydrogens (tertiary/aromatic N) is 1. The van der Waals surface area contributed by atoms with E-state index in [4.69, 9.17) is 14.2 Å². The Labute approximate surface area is 171 Å². The summed E-state index contributed by atoms with van der Waals surface area (Å²) in [6.07, 6.45) is 1.16. The van der Waals surface area contributed by atoms with Gasteiger partial charge in [0.25, 0.3) is 5.91 Å². The third kappa shape index (κ3) is 4.88. The summed E-state index contributed by atoms with van der Waals surface area (Å²) in [6, 6.07) is 10.9. The second-order valence-corrected chi connectivity index (χ2v) is 7.36. The highest BCUT2D eigenvalue weighted by Crippen LogP contribution is 2.27. The van der Waals surface area contributed by atoms with Gasteiger partial charge in [0.2, 0.25) is 0 Å². The van der Waals surface area contributed by atoms with Crippen LogP contribution in [0.3, 0.4) is 0 Å². The monoisotopic (exact) mass is 397 g/mol. The maximum atomic E-state index is 12.9. The van der Waals surface area contributed by atoms with Gasteiger partial charge in [0, 0.05) is 24.7 Å². The van der Waals surface area contributed by atoms with Gasteiger partial charge in [0.05, 0.1) is 20.1 Å². The molecule has 0 spiro atoms. The molecule has 29 heavy (non-hydrogen) atoms. The second kappa shape index (κ2) is 8.99. The predicted octanol–water partition coefficient (Wildman–Crippen LogP) is 3.78. The van der Waals surface area contributed by atoms with E-state index in [-0.39, 0.29) is 17.8 Å². The number of esters is 1. The molecule has 1 aliphatic rings. The van der Waals surface area contributed by atoms with E-state index in [2.05, 4.69) is 0 Å². The minimum Gasteiger partial charge on any atom is -0.497 e. The van der Waals surface area contributed by atoms with E-state index in [1.54, 1.807) is 37.3 Å². The molecule has 6 heteroatoms. The van der Waals surface area contributed by atoms with Crippen molar-refractivity contribution in [2.24, 2.45) is 5.92 Å². The summed E-state index contributed by atoms with van der Waals surface area (Å²) >= 11 is 0. The number of piperidine rings is 1. The number of carbonyl (C=O) groups is 2. The number of aryl methyl sites for hydroxylation is 2. The van der Waals surface area contributed by atoms with Gasteiger partial charge in [0.15, 0.2) is 0 Å². The molecule has 1 heterocycles. The summed E-state index contributed by atoms with van der Waals surface area (Å²) in [5.41, 5.74) is 2.58. The number of rotatable bonds is 5. The van der Waals surface area contributed by atoms with E-state index < -0.39 is 0 Å². The van der Waals surface area contributed by atoms with Crippen molar-refractivity contribution in [2.75, 3.05) is 27.3 Å². The number of benzene rings is 2. The summed E-state index contributed by atoms with van der Waals surface area (Å²) in [7, 11) is 3.10. The Kier molecular flexibility index (Phi) is 6.42. The molecule has 0 aliphatic carbocycles. The van der Waals surface area contributed by atoms with E-state index in [9.17, 15) is 9.59 Å². The Morgan fingerprint density at radius 3 is 2.10 bits per heavy atom. The SMILES string of the molecule is COc1cc(OC)cc(C(=O)N2CCC(C(=O)Oc3ccc(C)cc3C)CC2)c1. The number of hydrogen-bond donors (Lipinski definition) is 0. The highest BCUT2D eigenvalue weighted by molar-refractivity contribution is 5.95. The van der Waals surface area contributed by atoms with Crippen LogP contribution in [-0.2, 0) is 4.79 Å². The number of likely N-dealkylation sites (tertiary alicyclic amines) is 1. The molecule has 1 amide bonds. The van der Waals surface area contributed by atoms with Crippen molar-refractivity contribution in [3.8, 4) is 17.2 Å². The molecule has 1 aliphatic heterocycles. The zero-order valence-electron chi connectivity index (χ0n) is 17.4. The van der Waals surface area contributed by atoms with Crippen molar-refractivity contribution >= 4 is 11.9 Å². The minimum absolute atomic E-state index is 0.0941. The van der Waals surface area contributed by atoms with Crippen LogP contribution in [0, 0.1) is 19.8 Å². The van der Waals surface area contributed by atoms with E-state index in [0.29, 0.717) is 48.7 Å². The lowest BCUT2D eigenvalue weighted by Crippen LogP contribution is -2.41. The van der Waals surface area contributed by atoms with Crippen molar-refractivity contribution in [3.63, 3.8) is 0 Å². The molecule has 2 aromatic carbocycles. The van der Waals surface area contributed by atoms with Crippen LogP contribution in [0.15, 0.2) is 36.4 Å². The molecule has 0 bridgehead atoms. The zero-order valence-corrected chi connectivity index (χ0v) is 17.4. The summed E-state index contributed by atoms with van der Waals surface area (Å²) in [6.45, 7) is 4.94. The number of amides is 1. The largest absolute Gasteiger partial charge is 0.497 e. The number of ether oxygens (including phenoxy) is 3. The Balaban J connectivity index is 1.61. The van der Waals surface area contributed by atoms with Gasteiger partial charge in [-0.2, -0.15) is 0 Å². The fourth-order valence-electron chi connectivity index (χ4n) is 3.54. The fourth-order valence-corrected chi connectivity index (χ4v) is 3.54. The standard InChI is InChI=1S/C23H27NO5/c1-15-5-6-21(16(2)11-15)29-23(26)17-7-9-24(10-8-17)22(25)18-12-19(27-3)14-20(13-18)28-4/h5-6,11-14,17H,7-10H2,1-4H3. The highest BCUT2D eigenvalue weighted by atomic mass is 16.5. The molecule has 2 aromatic rings.